The summed E-state index contributed by atoms with van der Waals surface area (Å²) in [5.74, 6) is -0.345. The van der Waals surface area contributed by atoms with Gasteiger partial charge < -0.3 is 0 Å². The highest BCUT2D eigenvalue weighted by Gasteiger charge is 2.27. The molecule has 1 heterocycles. The molecule has 0 aliphatic carbocycles. The van der Waals surface area contributed by atoms with Gasteiger partial charge in [-0.3, -0.25) is 19.8 Å². The van der Waals surface area contributed by atoms with E-state index < -0.39 is 11.3 Å². The second kappa shape index (κ2) is 3.94. The first kappa shape index (κ1) is 10.6. The molecule has 82 valence electrons. The summed E-state index contributed by atoms with van der Waals surface area (Å²) in [7, 11) is 0. The quantitative estimate of drug-likeness (QED) is 0.620. The van der Waals surface area contributed by atoms with E-state index in [4.69, 9.17) is 11.6 Å². The van der Waals surface area contributed by atoms with Crippen molar-refractivity contribution in [1.29, 1.82) is 0 Å². The molecule has 1 N–H and O–H groups in total. The number of carbonyl (C=O) groups excluding carboxylic acids is 3. The topological polar surface area (TPSA) is 66.5 Å². The van der Waals surface area contributed by atoms with Crippen molar-refractivity contribution in [3.8, 4) is 0 Å². The van der Waals surface area contributed by atoms with Crippen molar-refractivity contribution in [2.45, 2.75) is 0 Å². The van der Waals surface area contributed by atoms with Gasteiger partial charge >= 0.3 is 6.03 Å². The molecule has 5 nitrogen and oxygen atoms in total. The van der Waals surface area contributed by atoms with Crippen LogP contribution >= 0.6 is 11.6 Å². The maximum atomic E-state index is 11.3. The average Bonchev–Trinajstić information content (AvgIpc) is 2.58. The molecule has 16 heavy (non-hydrogen) atoms. The number of imide groups is 1. The zero-order chi connectivity index (χ0) is 11.7. The standard InChI is InChI=1S/C10H7ClN2O3/c11-9(15)6-1-3-7(4-2-6)13-5-8(14)12-10(13)16/h1-4H,5H2,(H,12,14,16). The van der Waals surface area contributed by atoms with E-state index in [0.29, 0.717) is 11.3 Å². The number of amides is 3. The van der Waals surface area contributed by atoms with Gasteiger partial charge in [-0.25, -0.2) is 4.79 Å². The normalized spacial score (nSPS) is 15.2. The largest absolute Gasteiger partial charge is 0.329 e. The highest BCUT2D eigenvalue weighted by Crippen LogP contribution is 2.18. The molecular formula is C10H7ClN2O3. The molecule has 0 spiro atoms. The first-order valence-corrected chi connectivity index (χ1v) is 4.87. The Bertz CT molecular complexity index is 469. The van der Waals surface area contributed by atoms with Gasteiger partial charge in [0.25, 0.3) is 5.24 Å². The average molecular weight is 239 g/mol. The molecule has 1 saturated heterocycles. The van der Waals surface area contributed by atoms with Crippen LogP contribution in [-0.4, -0.2) is 23.7 Å². The number of halogens is 1. The Kier molecular flexibility index (Phi) is 2.62. The predicted molar refractivity (Wildman–Crippen MR) is 57.5 cm³/mol. The second-order valence-electron chi connectivity index (χ2n) is 3.26. The first-order valence-electron chi connectivity index (χ1n) is 4.49. The van der Waals surface area contributed by atoms with Gasteiger partial charge in [0.1, 0.15) is 6.54 Å². The Morgan fingerprint density at radius 3 is 2.31 bits per heavy atom. The molecule has 0 atom stereocenters. The summed E-state index contributed by atoms with van der Waals surface area (Å²) in [4.78, 5) is 34.4. The molecular weight excluding hydrogens is 232 g/mol. The molecule has 1 aliphatic rings. The van der Waals surface area contributed by atoms with E-state index in [2.05, 4.69) is 5.32 Å². The molecule has 1 aromatic rings. The van der Waals surface area contributed by atoms with Crippen LogP contribution < -0.4 is 10.2 Å². The smallest absolute Gasteiger partial charge is 0.285 e. The lowest BCUT2D eigenvalue weighted by atomic mass is 10.2. The van der Waals surface area contributed by atoms with Crippen LogP contribution in [0.5, 0.6) is 0 Å². The van der Waals surface area contributed by atoms with Crippen LogP contribution in [-0.2, 0) is 4.79 Å². The minimum atomic E-state index is -0.562. The first-order chi connectivity index (χ1) is 7.58. The van der Waals surface area contributed by atoms with Gasteiger partial charge in [0.2, 0.25) is 5.91 Å². The summed E-state index contributed by atoms with van der Waals surface area (Å²) in [6.45, 7) is -0.00694. The van der Waals surface area contributed by atoms with E-state index in [-0.39, 0.29) is 12.5 Å². The number of anilines is 1. The minimum Gasteiger partial charge on any atom is -0.285 e. The Labute approximate surface area is 96.0 Å². The maximum Gasteiger partial charge on any atom is 0.329 e. The van der Waals surface area contributed by atoms with Crippen molar-refractivity contribution in [3.05, 3.63) is 29.8 Å². The van der Waals surface area contributed by atoms with Crippen LogP contribution in [0, 0.1) is 0 Å². The molecule has 0 aromatic heterocycles. The summed E-state index contributed by atoms with van der Waals surface area (Å²) in [5.41, 5.74) is 0.890. The fraction of sp³-hybridized carbons (Fsp3) is 0.100. The van der Waals surface area contributed by atoms with Gasteiger partial charge in [-0.1, -0.05) is 0 Å². The summed E-state index contributed by atoms with van der Waals surface area (Å²) < 4.78 is 0. The van der Waals surface area contributed by atoms with Gasteiger partial charge in [-0.15, -0.1) is 0 Å². The summed E-state index contributed by atoms with van der Waals surface area (Å²) in [6.07, 6.45) is 0. The van der Waals surface area contributed by atoms with E-state index in [1.807, 2.05) is 0 Å². The van der Waals surface area contributed by atoms with E-state index in [9.17, 15) is 14.4 Å². The number of nitrogens with zero attached hydrogens (tertiary/aromatic N) is 1. The number of benzene rings is 1. The van der Waals surface area contributed by atoms with Gasteiger partial charge in [-0.2, -0.15) is 0 Å². The van der Waals surface area contributed by atoms with Crippen molar-refractivity contribution >= 4 is 34.5 Å². The van der Waals surface area contributed by atoms with Crippen LogP contribution in [0.15, 0.2) is 24.3 Å². The zero-order valence-electron chi connectivity index (χ0n) is 8.07. The van der Waals surface area contributed by atoms with Crippen LogP contribution in [0.25, 0.3) is 0 Å². The van der Waals surface area contributed by atoms with Crippen molar-refractivity contribution in [3.63, 3.8) is 0 Å². The Hall–Kier alpha value is -1.88. The summed E-state index contributed by atoms with van der Waals surface area (Å²) in [5, 5.41) is 1.60. The van der Waals surface area contributed by atoms with Gasteiger partial charge in [0.05, 0.1) is 0 Å². The number of rotatable bonds is 2. The Morgan fingerprint density at radius 1 is 1.25 bits per heavy atom. The lowest BCUT2D eigenvalue weighted by Crippen LogP contribution is -2.27. The highest BCUT2D eigenvalue weighted by atomic mass is 35.5. The third-order valence-corrected chi connectivity index (χ3v) is 2.42. The fourth-order valence-corrected chi connectivity index (χ4v) is 1.55. The highest BCUT2D eigenvalue weighted by molar-refractivity contribution is 6.67. The number of carbonyl (C=O) groups is 3. The van der Waals surface area contributed by atoms with E-state index in [1.54, 1.807) is 12.1 Å². The van der Waals surface area contributed by atoms with Gasteiger partial charge in [0, 0.05) is 11.3 Å². The molecule has 0 unspecified atom stereocenters. The lowest BCUT2D eigenvalue weighted by Gasteiger charge is -2.12. The van der Waals surface area contributed by atoms with E-state index in [0.717, 1.165) is 0 Å². The monoisotopic (exact) mass is 238 g/mol. The van der Waals surface area contributed by atoms with Crippen molar-refractivity contribution in [2.24, 2.45) is 0 Å². The molecule has 1 fully saturated rings. The van der Waals surface area contributed by atoms with Crippen LogP contribution in [0.1, 0.15) is 10.4 Å². The van der Waals surface area contributed by atoms with Gasteiger partial charge in [-0.05, 0) is 35.9 Å². The molecule has 1 aromatic carbocycles. The number of urea groups is 1. The second-order valence-corrected chi connectivity index (χ2v) is 3.60. The number of hydrogen-bond acceptors (Lipinski definition) is 3. The Balaban J connectivity index is 2.25. The lowest BCUT2D eigenvalue weighted by molar-refractivity contribution is -0.117. The van der Waals surface area contributed by atoms with E-state index in [1.165, 1.54) is 17.0 Å². The summed E-state index contributed by atoms with van der Waals surface area (Å²) in [6, 6.07) is 5.67. The van der Waals surface area contributed by atoms with Crippen molar-refractivity contribution < 1.29 is 14.4 Å². The minimum absolute atomic E-state index is 0.00694. The molecule has 2 rings (SSSR count). The number of hydrogen-bond donors (Lipinski definition) is 1. The summed E-state index contributed by atoms with van der Waals surface area (Å²) >= 11 is 5.28. The van der Waals surface area contributed by atoms with E-state index >= 15 is 0 Å². The maximum absolute atomic E-state index is 11.3. The molecule has 1 aliphatic heterocycles. The molecule has 6 heteroatoms. The predicted octanol–water partition coefficient (Wildman–Crippen LogP) is 1.12. The number of nitrogens with one attached hydrogen (secondary N) is 1. The van der Waals surface area contributed by atoms with Crippen LogP contribution in [0.3, 0.4) is 0 Å². The van der Waals surface area contributed by atoms with Crippen LogP contribution in [0.2, 0.25) is 0 Å². The third kappa shape index (κ3) is 1.90. The zero-order valence-corrected chi connectivity index (χ0v) is 8.82. The Morgan fingerprint density at radius 2 is 1.88 bits per heavy atom. The molecule has 3 amide bonds. The molecule has 0 radical (unpaired) electrons. The molecule has 0 bridgehead atoms. The third-order valence-electron chi connectivity index (χ3n) is 2.20. The van der Waals surface area contributed by atoms with Crippen LogP contribution in [0.4, 0.5) is 10.5 Å². The van der Waals surface area contributed by atoms with Crippen molar-refractivity contribution in [2.75, 3.05) is 11.4 Å². The fourth-order valence-electron chi connectivity index (χ4n) is 1.42. The van der Waals surface area contributed by atoms with Gasteiger partial charge in [0.15, 0.2) is 0 Å². The van der Waals surface area contributed by atoms with Crippen molar-refractivity contribution in [1.82, 2.24) is 5.32 Å². The SMILES string of the molecule is O=C1CN(c2ccc(C(=O)Cl)cc2)C(=O)N1. The molecule has 0 saturated carbocycles.